The molecule has 0 bridgehead atoms. The molecule has 2 unspecified atom stereocenters. The van der Waals surface area contributed by atoms with Gasteiger partial charge in [0.25, 0.3) is 0 Å². The third kappa shape index (κ3) is 6.71. The smallest absolute Gasteiger partial charge is 0.181 e. The van der Waals surface area contributed by atoms with Crippen LogP contribution in [0, 0.1) is 0 Å². The van der Waals surface area contributed by atoms with Crippen LogP contribution < -0.4 is 0 Å². The van der Waals surface area contributed by atoms with E-state index in [9.17, 15) is 4.39 Å². The van der Waals surface area contributed by atoms with Gasteiger partial charge in [-0.15, -0.1) is 0 Å². The van der Waals surface area contributed by atoms with Gasteiger partial charge in [0, 0.05) is 0 Å². The Labute approximate surface area is 131 Å². The summed E-state index contributed by atoms with van der Waals surface area (Å²) >= 11 is 0. The number of rotatable bonds is 10. The lowest BCUT2D eigenvalue weighted by atomic mass is 10.0. The maximum absolute atomic E-state index is 11.8. The van der Waals surface area contributed by atoms with Gasteiger partial charge in [-0.3, -0.25) is 0 Å². The van der Waals surface area contributed by atoms with Crippen LogP contribution in [-0.2, 0) is 23.7 Å². The van der Waals surface area contributed by atoms with Gasteiger partial charge >= 0.3 is 0 Å². The van der Waals surface area contributed by atoms with Crippen LogP contribution in [0.3, 0.4) is 0 Å². The zero-order valence-electron chi connectivity index (χ0n) is 13.1. The molecule has 6 heteroatoms. The van der Waals surface area contributed by atoms with E-state index in [1.807, 2.05) is 0 Å². The average Bonchev–Trinajstić information content (AvgIpc) is 2.87. The predicted molar refractivity (Wildman–Crippen MR) is 79.6 cm³/mol. The molecule has 0 amide bonds. The highest BCUT2D eigenvalue weighted by Crippen LogP contribution is 2.28. The lowest BCUT2D eigenvalue weighted by Gasteiger charge is -2.16. The minimum Gasteiger partial charge on any atom is -0.377 e. The highest BCUT2D eigenvalue weighted by Gasteiger charge is 2.35. The van der Waals surface area contributed by atoms with Gasteiger partial charge in [-0.2, -0.15) is 0 Å². The number of ether oxygens (including phenoxy) is 5. The summed E-state index contributed by atoms with van der Waals surface area (Å²) in [6, 6.07) is 0. The fourth-order valence-electron chi connectivity index (χ4n) is 2.61. The second-order valence-electron chi connectivity index (χ2n) is 5.39. The normalized spacial score (nSPS) is 29.8. The largest absolute Gasteiger partial charge is 0.377 e. The van der Waals surface area contributed by atoms with Crippen molar-refractivity contribution in [2.45, 2.75) is 44.2 Å². The van der Waals surface area contributed by atoms with Crippen molar-refractivity contribution in [3.05, 3.63) is 12.2 Å². The highest BCUT2D eigenvalue weighted by molar-refractivity contribution is 4.90. The number of hydrogen-bond donors (Lipinski definition) is 0. The topological polar surface area (TPSA) is 46.2 Å². The molecule has 128 valence electrons. The van der Waals surface area contributed by atoms with Gasteiger partial charge in [-0.1, -0.05) is 12.2 Å². The first-order valence-corrected chi connectivity index (χ1v) is 8.15. The molecule has 1 aliphatic heterocycles. The molecule has 5 nitrogen and oxygen atoms in total. The number of alkyl halides is 1. The Balaban J connectivity index is 1.46. The van der Waals surface area contributed by atoms with Gasteiger partial charge in [0.15, 0.2) is 6.29 Å². The number of allylic oxidation sites excluding steroid dienone is 2. The van der Waals surface area contributed by atoms with E-state index >= 15 is 0 Å². The summed E-state index contributed by atoms with van der Waals surface area (Å²) in [5.74, 6) is 0. The van der Waals surface area contributed by atoms with Gasteiger partial charge in [-0.25, -0.2) is 4.39 Å². The SMILES string of the molecule is [18F]CCOCCOCCOCC1OC2CC/C=C/CC[C@@H]2O1. The van der Waals surface area contributed by atoms with Crippen LogP contribution in [0.5, 0.6) is 0 Å². The molecule has 0 saturated carbocycles. The second-order valence-corrected chi connectivity index (χ2v) is 5.39. The van der Waals surface area contributed by atoms with E-state index in [1.54, 1.807) is 0 Å². The fraction of sp³-hybridized carbons (Fsp3) is 0.875. The Bertz CT molecular complexity index is 295. The minimum absolute atomic E-state index is 0.133. The Morgan fingerprint density at radius 2 is 1.36 bits per heavy atom. The first kappa shape index (κ1) is 17.8. The zero-order chi connectivity index (χ0) is 15.5. The number of hydrogen-bond acceptors (Lipinski definition) is 5. The van der Waals surface area contributed by atoms with E-state index < -0.39 is 6.67 Å². The molecule has 0 radical (unpaired) electrons. The maximum atomic E-state index is 11.8. The van der Waals surface area contributed by atoms with Crippen LogP contribution in [-0.4, -0.2) is 64.8 Å². The Morgan fingerprint density at radius 3 is 1.95 bits per heavy atom. The van der Waals surface area contributed by atoms with Gasteiger partial charge in [0.05, 0.1) is 51.8 Å². The van der Waals surface area contributed by atoms with Crippen molar-refractivity contribution in [1.29, 1.82) is 0 Å². The summed E-state index contributed by atoms with van der Waals surface area (Å²) in [6.07, 6.45) is 8.70. The summed E-state index contributed by atoms with van der Waals surface area (Å²) < 4.78 is 39.3. The summed E-state index contributed by atoms with van der Waals surface area (Å²) in [6.45, 7) is 1.96. The lowest BCUT2D eigenvalue weighted by Crippen LogP contribution is -2.22. The van der Waals surface area contributed by atoms with Gasteiger partial charge in [-0.05, 0) is 25.7 Å². The molecule has 3 atom stereocenters. The molecule has 2 rings (SSSR count). The molecular formula is C16H27FO5. The van der Waals surface area contributed by atoms with E-state index in [2.05, 4.69) is 12.2 Å². The van der Waals surface area contributed by atoms with Crippen molar-refractivity contribution in [2.24, 2.45) is 0 Å². The second kappa shape index (κ2) is 11.1. The quantitative estimate of drug-likeness (QED) is 0.457. The third-order valence-electron chi connectivity index (χ3n) is 3.69. The van der Waals surface area contributed by atoms with Crippen LogP contribution in [0.15, 0.2) is 12.2 Å². The Hall–Kier alpha value is -0.530. The molecule has 0 aromatic carbocycles. The monoisotopic (exact) mass is 317 g/mol. The van der Waals surface area contributed by atoms with E-state index in [0.717, 1.165) is 25.7 Å². The van der Waals surface area contributed by atoms with Crippen molar-refractivity contribution < 1.29 is 28.1 Å². The van der Waals surface area contributed by atoms with Crippen molar-refractivity contribution in [3.8, 4) is 0 Å². The van der Waals surface area contributed by atoms with Crippen LogP contribution in [0.4, 0.5) is 4.39 Å². The molecule has 1 saturated heterocycles. The summed E-state index contributed by atoms with van der Waals surface area (Å²) in [5, 5.41) is 0. The molecule has 1 fully saturated rings. The third-order valence-corrected chi connectivity index (χ3v) is 3.69. The highest BCUT2D eigenvalue weighted by atomic mass is 18.2. The van der Waals surface area contributed by atoms with Crippen molar-refractivity contribution in [3.63, 3.8) is 0 Å². The van der Waals surface area contributed by atoms with Crippen LogP contribution in [0.2, 0.25) is 0 Å². The van der Waals surface area contributed by atoms with Crippen LogP contribution in [0.25, 0.3) is 0 Å². The Morgan fingerprint density at radius 1 is 0.818 bits per heavy atom. The lowest BCUT2D eigenvalue weighted by molar-refractivity contribution is -0.117. The van der Waals surface area contributed by atoms with Gasteiger partial charge in [0.2, 0.25) is 0 Å². The molecule has 1 heterocycles. The summed E-state index contributed by atoms with van der Waals surface area (Å²) in [4.78, 5) is 0. The fourth-order valence-corrected chi connectivity index (χ4v) is 2.61. The number of fused-ring (bicyclic) bond motifs is 1. The van der Waals surface area contributed by atoms with E-state index in [-0.39, 0.29) is 25.1 Å². The van der Waals surface area contributed by atoms with Crippen molar-refractivity contribution in [2.75, 3.05) is 46.3 Å². The predicted octanol–water partition coefficient (Wildman–Crippen LogP) is 2.25. The molecule has 2 aliphatic rings. The maximum Gasteiger partial charge on any atom is 0.181 e. The Kier molecular flexibility index (Phi) is 8.97. The molecule has 0 spiro atoms. The first-order chi connectivity index (χ1) is 10.9. The van der Waals surface area contributed by atoms with Crippen LogP contribution in [0.1, 0.15) is 25.7 Å². The van der Waals surface area contributed by atoms with E-state index in [0.29, 0.717) is 33.0 Å². The molecule has 0 aromatic heterocycles. The van der Waals surface area contributed by atoms with Crippen molar-refractivity contribution in [1.82, 2.24) is 0 Å². The van der Waals surface area contributed by atoms with Gasteiger partial charge < -0.3 is 23.7 Å². The molecule has 22 heavy (non-hydrogen) atoms. The average molecular weight is 317 g/mol. The van der Waals surface area contributed by atoms with Crippen LogP contribution >= 0.6 is 0 Å². The standard InChI is InChI=1S/C16H27FO5/c17-7-8-18-9-10-19-11-12-20-13-16-21-14-5-3-1-2-4-6-15(14)22-16/h1-2,14-16H,3-13H2/b2-1+/t14-,15?,16?/m0/s1/i17-1. The summed E-state index contributed by atoms with van der Waals surface area (Å²) in [5.41, 5.74) is 0. The van der Waals surface area contributed by atoms with E-state index in [1.165, 1.54) is 0 Å². The molecule has 0 N–H and O–H groups in total. The first-order valence-electron chi connectivity index (χ1n) is 8.15. The molecule has 1 aliphatic carbocycles. The molecule has 0 aromatic rings. The number of halogens is 1. The minimum atomic E-state index is -0.456. The van der Waals surface area contributed by atoms with Gasteiger partial charge in [0.1, 0.15) is 6.67 Å². The van der Waals surface area contributed by atoms with Crippen molar-refractivity contribution >= 4 is 0 Å². The van der Waals surface area contributed by atoms with E-state index in [4.69, 9.17) is 23.7 Å². The summed E-state index contributed by atoms with van der Waals surface area (Å²) in [7, 11) is 0. The zero-order valence-corrected chi connectivity index (χ0v) is 13.1. The molecular weight excluding hydrogens is 290 g/mol.